The van der Waals surface area contributed by atoms with E-state index in [0.717, 1.165) is 0 Å². The van der Waals surface area contributed by atoms with Crippen LogP contribution in [-0.2, 0) is 52.7 Å². The molecule has 0 radical (unpaired) electrons. The van der Waals surface area contributed by atoms with E-state index in [2.05, 4.69) is 62.8 Å². The van der Waals surface area contributed by atoms with Gasteiger partial charge in [-0.25, -0.2) is 4.79 Å². The summed E-state index contributed by atoms with van der Waals surface area (Å²) in [4.78, 5) is 161. The summed E-state index contributed by atoms with van der Waals surface area (Å²) in [7, 11) is 0. The van der Waals surface area contributed by atoms with Crippen molar-refractivity contribution in [2.75, 3.05) is 39.3 Å². The Kier molecular flexibility index (Phi) is 40.2. The Balaban J connectivity index is 7.29. The molecule has 0 aromatic heterocycles. The quantitative estimate of drug-likeness (QED) is 0.0153. The fourth-order valence-electron chi connectivity index (χ4n) is 8.51. The van der Waals surface area contributed by atoms with Crippen molar-refractivity contribution in [3.63, 3.8) is 0 Å². The molecule has 12 atom stereocenters. The number of aliphatic imine (C=N–C) groups is 3. The number of unbranched alkanes of at least 4 members (excludes halogenated alkanes) is 2. The lowest BCUT2D eigenvalue weighted by molar-refractivity contribution is -0.143. The predicted molar refractivity (Wildman–Crippen MR) is 328 cm³/mol. The standard InChI is InChI=1S/C53H101N21O15/c1-6-28(4)39(73-41(79)30(56)25-38(77)78)48(86)72-37(26-75)47(85)69-34(18-13-23-65-53(61)62)44(82)68-33(17-12-22-64-52(59)60)43(81)67-32(16-11-21-63-51(57)58)42(80)66-31(14-7-9-19-54)45(83)71-36(24-27(2)3)46(84)74-40(29(5)76)49(87)70-35(50(88)89)15-8-10-20-55/h27-37,39-40,75-76H,6-26,54-56H2,1-5H3,(H,66,80)(H,67,81)(H,68,82)(H,69,85)(H,70,87)(H,71,83)(H,72,86)(H,73,79)(H,74,84)(H,77,78)(H,88,89)(H4,57,58,63)(H4,59,60,64)(H4,61,62,65)/t28-,29+,30-,31-,32-,33-,34-,35-,36-,37-,39-,40-/m0/s1. The number of amides is 9. The molecule has 89 heavy (non-hydrogen) atoms. The number of nitrogens with two attached hydrogens (primary N) is 9. The first-order chi connectivity index (χ1) is 41.8. The van der Waals surface area contributed by atoms with E-state index in [9.17, 15) is 68.1 Å². The maximum Gasteiger partial charge on any atom is 0.326 e. The third kappa shape index (κ3) is 34.2. The first-order valence-corrected chi connectivity index (χ1v) is 29.6. The van der Waals surface area contributed by atoms with E-state index in [0.29, 0.717) is 25.7 Å². The van der Waals surface area contributed by atoms with Crippen LogP contribution in [0.3, 0.4) is 0 Å². The summed E-state index contributed by atoms with van der Waals surface area (Å²) in [6.45, 7) is 7.20. The maximum atomic E-state index is 14.6. The monoisotopic (exact) mass is 1270 g/mol. The molecule has 31 N–H and O–H groups in total. The highest BCUT2D eigenvalue weighted by Crippen LogP contribution is 2.13. The number of hydrogen-bond donors (Lipinski definition) is 22. The van der Waals surface area contributed by atoms with E-state index < -0.39 is 151 Å². The third-order valence-corrected chi connectivity index (χ3v) is 13.6. The van der Waals surface area contributed by atoms with Crippen molar-refractivity contribution in [2.45, 2.75) is 197 Å². The van der Waals surface area contributed by atoms with E-state index in [4.69, 9.17) is 56.7 Å². The lowest BCUT2D eigenvalue weighted by atomic mass is 9.97. The fraction of sp³-hybridized carbons (Fsp3) is 0.736. The molecule has 0 aliphatic carbocycles. The first-order valence-electron chi connectivity index (χ1n) is 29.6. The first kappa shape index (κ1) is 80.8. The molecule has 0 aliphatic heterocycles. The zero-order chi connectivity index (χ0) is 67.9. The summed E-state index contributed by atoms with van der Waals surface area (Å²) in [5, 5.41) is 62.3. The van der Waals surface area contributed by atoms with Gasteiger partial charge >= 0.3 is 11.9 Å². The highest BCUT2D eigenvalue weighted by atomic mass is 16.4. The number of carbonyl (C=O) groups is 11. The van der Waals surface area contributed by atoms with Crippen LogP contribution in [0.1, 0.15) is 131 Å². The number of carbonyl (C=O) groups excluding carboxylic acids is 9. The van der Waals surface area contributed by atoms with Gasteiger partial charge < -0.3 is 120 Å². The molecule has 0 heterocycles. The Labute approximate surface area is 517 Å². The zero-order valence-corrected chi connectivity index (χ0v) is 51.7. The van der Waals surface area contributed by atoms with Crippen LogP contribution >= 0.6 is 0 Å². The van der Waals surface area contributed by atoms with Crippen molar-refractivity contribution in [1.29, 1.82) is 0 Å². The number of hydrogen-bond acceptors (Lipinski definition) is 19. The molecule has 0 saturated heterocycles. The second-order valence-corrected chi connectivity index (χ2v) is 21.8. The van der Waals surface area contributed by atoms with Crippen LogP contribution in [0.25, 0.3) is 0 Å². The van der Waals surface area contributed by atoms with Crippen LogP contribution in [0.2, 0.25) is 0 Å². The van der Waals surface area contributed by atoms with Crippen molar-refractivity contribution >= 4 is 83.0 Å². The van der Waals surface area contributed by atoms with E-state index in [1.54, 1.807) is 27.7 Å². The van der Waals surface area contributed by atoms with Crippen LogP contribution in [0.4, 0.5) is 0 Å². The van der Waals surface area contributed by atoms with Gasteiger partial charge in [-0.05, 0) is 115 Å². The van der Waals surface area contributed by atoms with Gasteiger partial charge in [0.15, 0.2) is 17.9 Å². The number of aliphatic carboxylic acids is 2. The molecular weight excluding hydrogens is 1170 g/mol. The molecule has 0 saturated carbocycles. The van der Waals surface area contributed by atoms with Crippen molar-refractivity contribution in [3.05, 3.63) is 0 Å². The highest BCUT2D eigenvalue weighted by Gasteiger charge is 2.37. The number of carboxylic acid groups (broad SMARTS) is 2. The molecule has 0 unspecified atom stereocenters. The lowest BCUT2D eigenvalue weighted by Gasteiger charge is -2.29. The van der Waals surface area contributed by atoms with Gasteiger partial charge in [0.1, 0.15) is 54.4 Å². The maximum absolute atomic E-state index is 14.6. The largest absolute Gasteiger partial charge is 0.481 e. The molecule has 0 aliphatic rings. The summed E-state index contributed by atoms with van der Waals surface area (Å²) in [6.07, 6.45) is -1.14. The number of guanidine groups is 3. The molecule has 0 aromatic carbocycles. The molecule has 36 nitrogen and oxygen atoms in total. The Morgan fingerprint density at radius 2 is 0.753 bits per heavy atom. The molecule has 36 heteroatoms. The van der Waals surface area contributed by atoms with Crippen molar-refractivity contribution in [1.82, 2.24) is 47.9 Å². The summed E-state index contributed by atoms with van der Waals surface area (Å²) >= 11 is 0. The SMILES string of the molecule is CC[C@H](C)[C@H](NC(=O)[C@@H](N)CC(=O)O)C(=O)N[C@@H](CO)C(=O)N[C@@H](CCCN=C(N)N)C(=O)N[C@@H](CCCN=C(N)N)C(=O)N[C@@H](CCCN=C(N)N)C(=O)N[C@@H](CCCCN)C(=O)N[C@@H](CC(C)C)C(=O)N[C@H](C(=O)N[C@@H](CCCCN)C(=O)O)[C@@H](C)O. The van der Waals surface area contributed by atoms with Gasteiger partial charge in [-0.1, -0.05) is 34.1 Å². The third-order valence-electron chi connectivity index (χ3n) is 13.6. The average molecular weight is 1270 g/mol. The Hall–Kier alpha value is -8.22. The second kappa shape index (κ2) is 44.3. The molecule has 0 fully saturated rings. The van der Waals surface area contributed by atoms with E-state index in [1.165, 1.54) is 6.92 Å². The van der Waals surface area contributed by atoms with Gasteiger partial charge in [0.2, 0.25) is 53.2 Å². The summed E-state index contributed by atoms with van der Waals surface area (Å²) < 4.78 is 0. The van der Waals surface area contributed by atoms with Gasteiger partial charge in [0.05, 0.1) is 25.2 Å². The zero-order valence-electron chi connectivity index (χ0n) is 51.7. The van der Waals surface area contributed by atoms with Crippen molar-refractivity contribution in [2.24, 2.45) is 78.4 Å². The second-order valence-electron chi connectivity index (χ2n) is 21.8. The summed E-state index contributed by atoms with van der Waals surface area (Å²) in [5.41, 5.74) is 50.2. The Morgan fingerprint density at radius 1 is 0.427 bits per heavy atom. The molecular formula is C53H101N21O15. The van der Waals surface area contributed by atoms with Crippen molar-refractivity contribution < 1.29 is 73.2 Å². The molecule has 508 valence electrons. The van der Waals surface area contributed by atoms with E-state index >= 15 is 0 Å². The molecule has 0 rings (SSSR count). The van der Waals surface area contributed by atoms with E-state index in [-0.39, 0.29) is 121 Å². The Bertz CT molecular complexity index is 2370. The van der Waals surface area contributed by atoms with Gasteiger partial charge in [-0.15, -0.1) is 0 Å². The van der Waals surface area contributed by atoms with Gasteiger partial charge in [-0.2, -0.15) is 0 Å². The van der Waals surface area contributed by atoms with Gasteiger partial charge in [-0.3, -0.25) is 62.9 Å². The number of carboxylic acids is 2. The molecule has 0 aromatic rings. The van der Waals surface area contributed by atoms with E-state index in [1.807, 2.05) is 0 Å². The predicted octanol–water partition coefficient (Wildman–Crippen LogP) is -7.88. The topological polar surface area (TPSA) is 648 Å². The average Bonchev–Trinajstić information content (AvgIpc) is 3.30. The van der Waals surface area contributed by atoms with Crippen molar-refractivity contribution in [3.8, 4) is 0 Å². The van der Waals surface area contributed by atoms with Crippen LogP contribution in [-0.4, -0.2) is 209 Å². The number of rotatable bonds is 47. The van der Waals surface area contributed by atoms with Crippen LogP contribution in [0.5, 0.6) is 0 Å². The van der Waals surface area contributed by atoms with Gasteiger partial charge in [0.25, 0.3) is 0 Å². The number of aliphatic hydroxyl groups is 2. The molecule has 9 amide bonds. The minimum Gasteiger partial charge on any atom is -0.481 e. The van der Waals surface area contributed by atoms with Crippen LogP contribution in [0, 0.1) is 11.8 Å². The van der Waals surface area contributed by atoms with Gasteiger partial charge in [0, 0.05) is 19.6 Å². The smallest absolute Gasteiger partial charge is 0.326 e. The lowest BCUT2D eigenvalue weighted by Crippen LogP contribution is -2.61. The van der Waals surface area contributed by atoms with Crippen LogP contribution in [0.15, 0.2) is 15.0 Å². The molecule has 0 spiro atoms. The minimum absolute atomic E-state index is 0.00885. The normalized spacial score (nSPS) is 15.1. The highest BCUT2D eigenvalue weighted by molar-refractivity contribution is 5.99. The molecule has 0 bridgehead atoms. The summed E-state index contributed by atoms with van der Waals surface area (Å²) in [5.74, 6) is -13.3. The summed E-state index contributed by atoms with van der Waals surface area (Å²) in [6, 6.07) is -15.1. The number of nitrogens with zero attached hydrogens (tertiary/aromatic N) is 3. The Morgan fingerprint density at radius 3 is 1.09 bits per heavy atom. The number of aliphatic hydroxyl groups excluding tert-OH is 2. The van der Waals surface area contributed by atoms with Crippen LogP contribution < -0.4 is 99.5 Å². The minimum atomic E-state index is -1.76. The number of nitrogens with one attached hydrogen (secondary N) is 9. The fourth-order valence-corrected chi connectivity index (χ4v) is 8.51.